The van der Waals surface area contributed by atoms with E-state index in [-0.39, 0.29) is 18.8 Å². The molecule has 4 heterocycles. The monoisotopic (exact) mass is 321 g/mol. The highest BCUT2D eigenvalue weighted by molar-refractivity contribution is 5.82. The van der Waals surface area contributed by atoms with Crippen molar-refractivity contribution in [3.05, 3.63) is 12.7 Å². The maximum atomic E-state index is 9.57. The summed E-state index contributed by atoms with van der Waals surface area (Å²) in [5, 5.41) is 12.6. The van der Waals surface area contributed by atoms with Gasteiger partial charge in [-0.1, -0.05) is 0 Å². The molecule has 2 saturated heterocycles. The largest absolute Gasteiger partial charge is 0.394 e. The second-order valence-electron chi connectivity index (χ2n) is 6.11. The van der Waals surface area contributed by atoms with Crippen molar-refractivity contribution in [3.63, 3.8) is 0 Å². The smallest absolute Gasteiger partial charge is 0.167 e. The van der Waals surface area contributed by atoms with E-state index >= 15 is 0 Å². The van der Waals surface area contributed by atoms with Crippen LogP contribution < -0.4 is 5.32 Å². The van der Waals surface area contributed by atoms with E-state index in [0.29, 0.717) is 17.0 Å². The zero-order chi connectivity index (χ0) is 16.2. The highest BCUT2D eigenvalue weighted by Crippen LogP contribution is 2.43. The summed E-state index contributed by atoms with van der Waals surface area (Å²) in [5.74, 6) is -0.0716. The van der Waals surface area contributed by atoms with Gasteiger partial charge in [-0.2, -0.15) is 0 Å². The molecule has 0 saturated carbocycles. The Morgan fingerprint density at radius 1 is 1.26 bits per heavy atom. The molecule has 2 aliphatic rings. The highest BCUT2D eigenvalue weighted by atomic mass is 16.8. The number of imidazole rings is 1. The molecule has 0 radical (unpaired) electrons. The molecule has 4 rings (SSSR count). The summed E-state index contributed by atoms with van der Waals surface area (Å²) in [4.78, 5) is 12.8. The molecule has 9 heteroatoms. The fourth-order valence-corrected chi connectivity index (χ4v) is 3.25. The van der Waals surface area contributed by atoms with Crippen molar-refractivity contribution in [1.29, 1.82) is 0 Å². The van der Waals surface area contributed by atoms with Crippen molar-refractivity contribution in [2.75, 3.05) is 19.0 Å². The number of ether oxygens (including phenoxy) is 3. The number of nitrogens with one attached hydrogen (secondary N) is 1. The fourth-order valence-electron chi connectivity index (χ4n) is 3.25. The van der Waals surface area contributed by atoms with Crippen LogP contribution in [0.3, 0.4) is 0 Å². The van der Waals surface area contributed by atoms with Crippen LogP contribution in [0.4, 0.5) is 5.82 Å². The van der Waals surface area contributed by atoms with Gasteiger partial charge in [-0.15, -0.1) is 0 Å². The lowest BCUT2D eigenvalue weighted by Gasteiger charge is -2.24. The van der Waals surface area contributed by atoms with Gasteiger partial charge in [0.15, 0.2) is 23.5 Å². The van der Waals surface area contributed by atoms with Gasteiger partial charge in [0.25, 0.3) is 0 Å². The van der Waals surface area contributed by atoms with Crippen molar-refractivity contribution in [3.8, 4) is 0 Å². The molecule has 0 amide bonds. The third kappa shape index (κ3) is 2.19. The van der Waals surface area contributed by atoms with E-state index in [1.165, 1.54) is 6.33 Å². The Kier molecular flexibility index (Phi) is 3.27. The van der Waals surface area contributed by atoms with Crippen molar-refractivity contribution >= 4 is 17.0 Å². The Balaban J connectivity index is 1.76. The molecule has 9 nitrogen and oxygen atoms in total. The Hall–Kier alpha value is -1.81. The first-order valence-corrected chi connectivity index (χ1v) is 7.51. The fraction of sp³-hybridized carbons (Fsp3) is 0.643. The number of fused-ring (bicyclic) bond motifs is 2. The number of rotatable bonds is 3. The van der Waals surface area contributed by atoms with Crippen molar-refractivity contribution < 1.29 is 19.3 Å². The zero-order valence-corrected chi connectivity index (χ0v) is 13.1. The Bertz CT molecular complexity index is 733. The number of anilines is 1. The lowest BCUT2D eigenvalue weighted by atomic mass is 10.1. The van der Waals surface area contributed by atoms with Crippen LogP contribution in [0, 0.1) is 0 Å². The molecule has 4 atom stereocenters. The molecule has 124 valence electrons. The molecule has 0 aliphatic carbocycles. The van der Waals surface area contributed by atoms with Gasteiger partial charge in [0.05, 0.1) is 12.9 Å². The quantitative estimate of drug-likeness (QED) is 0.831. The second kappa shape index (κ2) is 5.10. The molecule has 2 aliphatic heterocycles. The Morgan fingerprint density at radius 3 is 2.78 bits per heavy atom. The predicted molar refractivity (Wildman–Crippen MR) is 79.7 cm³/mol. The molecule has 2 aromatic rings. The topological polar surface area (TPSA) is 104 Å². The van der Waals surface area contributed by atoms with Gasteiger partial charge in [-0.05, 0) is 13.8 Å². The molecule has 0 spiro atoms. The zero-order valence-electron chi connectivity index (χ0n) is 13.1. The van der Waals surface area contributed by atoms with E-state index in [4.69, 9.17) is 14.2 Å². The molecule has 23 heavy (non-hydrogen) atoms. The van der Waals surface area contributed by atoms with Crippen molar-refractivity contribution in [2.45, 2.75) is 44.2 Å². The van der Waals surface area contributed by atoms with Crippen LogP contribution in [0.1, 0.15) is 20.1 Å². The van der Waals surface area contributed by atoms with Crippen LogP contribution in [0.15, 0.2) is 12.7 Å². The molecule has 4 unspecified atom stereocenters. The van der Waals surface area contributed by atoms with Crippen LogP contribution in [0.5, 0.6) is 0 Å². The van der Waals surface area contributed by atoms with Crippen LogP contribution in [0.2, 0.25) is 0 Å². The van der Waals surface area contributed by atoms with Gasteiger partial charge in [0, 0.05) is 7.05 Å². The van der Waals surface area contributed by atoms with Gasteiger partial charge in [0.2, 0.25) is 0 Å². The maximum Gasteiger partial charge on any atom is 0.167 e. The average Bonchev–Trinajstić information content (AvgIpc) is 3.17. The molecule has 2 fully saturated rings. The van der Waals surface area contributed by atoms with Crippen LogP contribution in [-0.4, -0.2) is 62.4 Å². The summed E-state index contributed by atoms with van der Waals surface area (Å²) >= 11 is 0. The third-order valence-electron chi connectivity index (χ3n) is 4.17. The Morgan fingerprint density at radius 2 is 2.04 bits per heavy atom. The summed E-state index contributed by atoms with van der Waals surface area (Å²) in [6.07, 6.45) is 1.53. The van der Waals surface area contributed by atoms with Crippen molar-refractivity contribution in [1.82, 2.24) is 19.5 Å². The van der Waals surface area contributed by atoms with Crippen LogP contribution in [0.25, 0.3) is 11.2 Å². The van der Waals surface area contributed by atoms with E-state index in [0.717, 1.165) is 0 Å². The number of aliphatic hydroxyl groups excluding tert-OH is 1. The molecule has 0 aromatic carbocycles. The van der Waals surface area contributed by atoms with Crippen LogP contribution >= 0.6 is 0 Å². The summed E-state index contributed by atoms with van der Waals surface area (Å²) in [7, 11) is 1.78. The van der Waals surface area contributed by atoms with Gasteiger partial charge < -0.3 is 24.6 Å². The summed E-state index contributed by atoms with van der Waals surface area (Å²) in [6, 6.07) is 0. The maximum absolute atomic E-state index is 9.57. The number of aliphatic hydroxyl groups is 1. The van der Waals surface area contributed by atoms with Gasteiger partial charge in [-0.3, -0.25) is 4.57 Å². The Labute approximate surface area is 132 Å². The first-order valence-electron chi connectivity index (χ1n) is 7.51. The number of hydrogen-bond donors (Lipinski definition) is 2. The summed E-state index contributed by atoms with van der Waals surface area (Å²) in [6.45, 7) is 3.56. The minimum Gasteiger partial charge on any atom is -0.394 e. The van der Waals surface area contributed by atoms with E-state index in [1.54, 1.807) is 17.9 Å². The van der Waals surface area contributed by atoms with E-state index in [1.807, 2.05) is 13.8 Å². The van der Waals surface area contributed by atoms with E-state index in [2.05, 4.69) is 20.3 Å². The first kappa shape index (κ1) is 14.8. The SMILES string of the molecule is CNc1ncnc2c1ncn2C1OC(CO)C2OC(C)(C)OC21. The minimum absolute atomic E-state index is 0.138. The minimum atomic E-state index is -0.716. The number of nitrogens with zero attached hydrogens (tertiary/aromatic N) is 4. The predicted octanol–water partition coefficient (Wildman–Crippen LogP) is 0.278. The number of aromatic nitrogens is 4. The van der Waals surface area contributed by atoms with Gasteiger partial charge in [0.1, 0.15) is 30.2 Å². The molecule has 2 aromatic heterocycles. The molecular formula is C14H19N5O4. The average molecular weight is 321 g/mol. The standard InChI is InChI=1S/C14H19N5O4/c1-14(2)22-9-7(4-20)21-13(10(9)23-14)19-6-18-8-11(15-3)16-5-17-12(8)19/h5-7,9-10,13,20H,4H2,1-3H3,(H,15,16,17). The lowest BCUT2D eigenvalue weighted by molar-refractivity contribution is -0.199. The third-order valence-corrected chi connectivity index (χ3v) is 4.17. The molecule has 0 bridgehead atoms. The molecule has 2 N–H and O–H groups in total. The summed E-state index contributed by atoms with van der Waals surface area (Å²) < 4.78 is 19.6. The van der Waals surface area contributed by atoms with Crippen LogP contribution in [-0.2, 0) is 14.2 Å². The summed E-state index contributed by atoms with van der Waals surface area (Å²) in [5.41, 5.74) is 1.29. The highest BCUT2D eigenvalue weighted by Gasteiger charge is 2.55. The second-order valence-corrected chi connectivity index (χ2v) is 6.11. The normalized spacial score (nSPS) is 32.3. The van der Waals surface area contributed by atoms with Gasteiger partial charge >= 0.3 is 0 Å². The lowest BCUT2D eigenvalue weighted by Crippen LogP contribution is -2.31. The number of hydrogen-bond acceptors (Lipinski definition) is 8. The van der Waals surface area contributed by atoms with Crippen molar-refractivity contribution in [2.24, 2.45) is 0 Å². The molecular weight excluding hydrogens is 302 g/mol. The van der Waals surface area contributed by atoms with E-state index in [9.17, 15) is 5.11 Å². The van der Waals surface area contributed by atoms with Gasteiger partial charge in [-0.25, -0.2) is 15.0 Å². The van der Waals surface area contributed by atoms with E-state index < -0.39 is 18.1 Å². The first-order chi connectivity index (χ1) is 11.0.